The molecule has 1 heterocycles. The van der Waals surface area contributed by atoms with Gasteiger partial charge in [-0.1, -0.05) is 59.2 Å². The van der Waals surface area contributed by atoms with E-state index in [1.165, 1.54) is 11.1 Å². The molecule has 1 aromatic carbocycles. The molecule has 1 aliphatic heterocycles. The van der Waals surface area contributed by atoms with Crippen LogP contribution >= 0.6 is 8.38 Å². The fourth-order valence-corrected chi connectivity index (χ4v) is 2.62. The fourth-order valence-electron chi connectivity index (χ4n) is 1.42. The molecule has 0 radical (unpaired) electrons. The van der Waals surface area contributed by atoms with Crippen molar-refractivity contribution in [2.24, 2.45) is 0 Å². The molecule has 2 nitrogen and oxygen atoms in total. The molecule has 1 atom stereocenters. The highest BCUT2D eigenvalue weighted by Gasteiger charge is 2.23. The summed E-state index contributed by atoms with van der Waals surface area (Å²) in [5.41, 5.74) is 2.88. The minimum atomic E-state index is -0.727. The molecule has 1 aliphatic rings. The second-order valence-electron chi connectivity index (χ2n) is 3.86. The summed E-state index contributed by atoms with van der Waals surface area (Å²) < 4.78 is 11.5. The highest BCUT2D eigenvalue weighted by Crippen LogP contribution is 2.49. The second-order valence-corrected chi connectivity index (χ2v) is 5.90. The van der Waals surface area contributed by atoms with E-state index in [1.54, 1.807) is 0 Å². The van der Waals surface area contributed by atoms with E-state index in [4.69, 9.17) is 9.05 Å². The number of benzene rings is 1. The minimum Gasteiger partial charge on any atom is -0.447 e. The zero-order valence-electron chi connectivity index (χ0n) is 12.8. The molecule has 0 N–H and O–H groups in total. The number of hydrogen-bond acceptors (Lipinski definition) is 2. The summed E-state index contributed by atoms with van der Waals surface area (Å²) in [5.74, 6) is 1.00. The van der Waals surface area contributed by atoms with Crippen LogP contribution in [0.2, 0.25) is 0 Å². The lowest BCUT2D eigenvalue weighted by molar-refractivity contribution is 0.273. The van der Waals surface area contributed by atoms with Crippen LogP contribution in [-0.4, -0.2) is 5.66 Å². The zero-order chi connectivity index (χ0) is 14.1. The van der Waals surface area contributed by atoms with Gasteiger partial charge in [-0.05, 0) is 13.0 Å². The molecule has 104 valence electrons. The lowest BCUT2D eigenvalue weighted by atomic mass is 10.1. The van der Waals surface area contributed by atoms with Crippen molar-refractivity contribution >= 4 is 8.38 Å². The molecule has 18 heavy (non-hydrogen) atoms. The van der Waals surface area contributed by atoms with Crippen molar-refractivity contribution in [2.75, 3.05) is 0 Å². The van der Waals surface area contributed by atoms with E-state index < -0.39 is 8.38 Å². The number of aryl methyl sites for hydroxylation is 1. The standard InChI is InChI=1S/C11H15O2P.2C2H6/c1-8(2)14-12-7-10-6-9(3)4-5-11(10)13-14;2*1-2/h4-6,8H,7H2,1-3H3;2*1-2H3. The van der Waals surface area contributed by atoms with Gasteiger partial charge in [0, 0.05) is 11.2 Å². The first kappa shape index (κ1) is 17.4. The Labute approximate surface area is 114 Å². The van der Waals surface area contributed by atoms with Gasteiger partial charge in [-0.25, -0.2) is 0 Å². The molecule has 0 aliphatic carbocycles. The third-order valence-corrected chi connectivity index (χ3v) is 3.78. The van der Waals surface area contributed by atoms with Crippen LogP contribution in [0.4, 0.5) is 0 Å². The summed E-state index contributed by atoms with van der Waals surface area (Å²) >= 11 is 0. The van der Waals surface area contributed by atoms with Gasteiger partial charge in [0.1, 0.15) is 5.75 Å². The van der Waals surface area contributed by atoms with Crippen molar-refractivity contribution in [1.29, 1.82) is 0 Å². The van der Waals surface area contributed by atoms with Gasteiger partial charge in [0.2, 0.25) is 8.38 Å². The summed E-state index contributed by atoms with van der Waals surface area (Å²) in [7, 11) is -0.727. The maximum Gasteiger partial charge on any atom is 0.233 e. The summed E-state index contributed by atoms with van der Waals surface area (Å²) in [5, 5.41) is 0. The Bertz CT molecular complexity index is 337. The summed E-state index contributed by atoms with van der Waals surface area (Å²) in [6, 6.07) is 6.26. The third-order valence-electron chi connectivity index (χ3n) is 2.17. The Morgan fingerprint density at radius 1 is 1.11 bits per heavy atom. The molecule has 2 rings (SSSR count). The number of hydrogen-bond donors (Lipinski definition) is 0. The zero-order valence-corrected chi connectivity index (χ0v) is 13.7. The van der Waals surface area contributed by atoms with Crippen molar-refractivity contribution in [3.05, 3.63) is 29.3 Å². The molecule has 0 spiro atoms. The van der Waals surface area contributed by atoms with Crippen LogP contribution < -0.4 is 4.52 Å². The van der Waals surface area contributed by atoms with E-state index in [0.29, 0.717) is 12.3 Å². The van der Waals surface area contributed by atoms with Crippen LogP contribution in [0.5, 0.6) is 5.75 Å². The molecule has 0 saturated heterocycles. The Balaban J connectivity index is 0.000000659. The van der Waals surface area contributed by atoms with Crippen molar-refractivity contribution < 1.29 is 9.05 Å². The van der Waals surface area contributed by atoms with E-state index in [0.717, 1.165) is 5.75 Å². The predicted octanol–water partition coefficient (Wildman–Crippen LogP) is 5.68. The van der Waals surface area contributed by atoms with Gasteiger partial charge in [0.25, 0.3) is 0 Å². The van der Waals surface area contributed by atoms with E-state index >= 15 is 0 Å². The van der Waals surface area contributed by atoms with Gasteiger partial charge in [-0.2, -0.15) is 0 Å². The van der Waals surface area contributed by atoms with Gasteiger partial charge in [-0.15, -0.1) is 0 Å². The molecule has 3 heteroatoms. The molecule has 1 aromatic rings. The summed E-state index contributed by atoms with van der Waals surface area (Å²) in [4.78, 5) is 0. The number of rotatable bonds is 1. The van der Waals surface area contributed by atoms with Crippen molar-refractivity contribution in [1.82, 2.24) is 0 Å². The third kappa shape index (κ3) is 4.96. The normalized spacial score (nSPS) is 16.6. The summed E-state index contributed by atoms with van der Waals surface area (Å²) in [6.45, 7) is 15.0. The van der Waals surface area contributed by atoms with Crippen LogP contribution in [0, 0.1) is 6.92 Å². The average molecular weight is 270 g/mol. The molecular weight excluding hydrogens is 243 g/mol. The fraction of sp³-hybridized carbons (Fsp3) is 0.600. The molecule has 1 unspecified atom stereocenters. The SMILES string of the molecule is CC.CC.Cc1ccc2c(c1)COP(C(C)C)O2. The average Bonchev–Trinajstić information content (AvgIpc) is 2.42. The number of fused-ring (bicyclic) bond motifs is 1. The predicted molar refractivity (Wildman–Crippen MR) is 81.3 cm³/mol. The van der Waals surface area contributed by atoms with E-state index in [9.17, 15) is 0 Å². The van der Waals surface area contributed by atoms with E-state index in [2.05, 4.69) is 32.9 Å². The van der Waals surface area contributed by atoms with Gasteiger partial charge in [0.15, 0.2) is 0 Å². The largest absolute Gasteiger partial charge is 0.447 e. The van der Waals surface area contributed by atoms with Gasteiger partial charge in [-0.3, -0.25) is 0 Å². The summed E-state index contributed by atoms with van der Waals surface area (Å²) in [6.07, 6.45) is 0. The molecule has 0 aromatic heterocycles. The second kappa shape index (κ2) is 9.35. The minimum absolute atomic E-state index is 0.458. The highest BCUT2D eigenvalue weighted by atomic mass is 31.2. The van der Waals surface area contributed by atoms with Crippen LogP contribution in [0.15, 0.2) is 18.2 Å². The molecule has 0 amide bonds. The van der Waals surface area contributed by atoms with Crippen molar-refractivity contribution in [3.8, 4) is 5.75 Å². The van der Waals surface area contributed by atoms with Crippen molar-refractivity contribution in [2.45, 2.75) is 60.7 Å². The Morgan fingerprint density at radius 3 is 2.28 bits per heavy atom. The Hall–Kier alpha value is -0.590. The lowest BCUT2D eigenvalue weighted by Gasteiger charge is -2.27. The van der Waals surface area contributed by atoms with Gasteiger partial charge >= 0.3 is 0 Å². The van der Waals surface area contributed by atoms with Gasteiger partial charge < -0.3 is 9.05 Å². The maximum absolute atomic E-state index is 5.79. The topological polar surface area (TPSA) is 18.5 Å². The van der Waals surface area contributed by atoms with E-state index in [-0.39, 0.29) is 0 Å². The first-order valence-electron chi connectivity index (χ1n) is 6.86. The van der Waals surface area contributed by atoms with Crippen LogP contribution in [-0.2, 0) is 11.1 Å². The van der Waals surface area contributed by atoms with Crippen molar-refractivity contribution in [3.63, 3.8) is 0 Å². The van der Waals surface area contributed by atoms with Crippen LogP contribution in [0.1, 0.15) is 52.7 Å². The molecule has 0 bridgehead atoms. The Morgan fingerprint density at radius 2 is 1.72 bits per heavy atom. The first-order valence-corrected chi connectivity index (χ1v) is 8.11. The first-order chi connectivity index (χ1) is 8.66. The molecular formula is C15H27O2P. The maximum atomic E-state index is 5.79. The lowest BCUT2D eigenvalue weighted by Crippen LogP contribution is -2.09. The monoisotopic (exact) mass is 270 g/mol. The molecule has 0 saturated carbocycles. The smallest absolute Gasteiger partial charge is 0.233 e. The Kier molecular flexibility index (Phi) is 9.05. The van der Waals surface area contributed by atoms with Crippen LogP contribution in [0.3, 0.4) is 0 Å². The van der Waals surface area contributed by atoms with E-state index in [1.807, 2.05) is 33.8 Å². The highest BCUT2D eigenvalue weighted by molar-refractivity contribution is 7.48. The molecule has 0 fully saturated rings. The quantitative estimate of drug-likeness (QED) is 0.611. The van der Waals surface area contributed by atoms with Gasteiger partial charge in [0.05, 0.1) is 6.61 Å². The van der Waals surface area contributed by atoms with Crippen LogP contribution in [0.25, 0.3) is 0 Å².